The minimum atomic E-state index is 0.336. The molecule has 3 heteroatoms. The highest BCUT2D eigenvalue weighted by molar-refractivity contribution is 6.33. The van der Waals surface area contributed by atoms with Gasteiger partial charge in [-0.1, -0.05) is 24.6 Å². The summed E-state index contributed by atoms with van der Waals surface area (Å²) in [4.78, 5) is 2.19. The average molecular weight is 241 g/mol. The lowest BCUT2D eigenvalue weighted by Crippen LogP contribution is -2.18. The van der Waals surface area contributed by atoms with E-state index < -0.39 is 0 Å². The molecule has 0 aliphatic rings. The maximum Gasteiger partial charge on any atom is 0.0642 e. The lowest BCUT2D eigenvalue weighted by atomic mass is 10.1. The fraction of sp³-hybridized carbons (Fsp3) is 0.538. The van der Waals surface area contributed by atoms with Crippen LogP contribution in [0.4, 0.5) is 5.69 Å². The van der Waals surface area contributed by atoms with Gasteiger partial charge in [-0.05, 0) is 38.1 Å². The fourth-order valence-corrected chi connectivity index (χ4v) is 2.06. The normalized spacial score (nSPS) is 12.6. The quantitative estimate of drug-likeness (QED) is 0.848. The van der Waals surface area contributed by atoms with Crippen LogP contribution in [-0.4, -0.2) is 20.6 Å². The number of nitrogens with one attached hydrogen (secondary N) is 1. The molecule has 1 aromatic rings. The van der Waals surface area contributed by atoms with Gasteiger partial charge in [-0.15, -0.1) is 0 Å². The molecular formula is C13H21ClN2. The summed E-state index contributed by atoms with van der Waals surface area (Å²) in [6.07, 6.45) is 1.13. The van der Waals surface area contributed by atoms with Crippen molar-refractivity contribution >= 4 is 17.3 Å². The zero-order valence-corrected chi connectivity index (χ0v) is 11.3. The van der Waals surface area contributed by atoms with Crippen LogP contribution in [0.1, 0.15) is 31.9 Å². The second-order valence-electron chi connectivity index (χ2n) is 4.14. The first-order chi connectivity index (χ1) is 7.60. The molecular weight excluding hydrogens is 220 g/mol. The van der Waals surface area contributed by atoms with Gasteiger partial charge in [0, 0.05) is 19.6 Å². The van der Waals surface area contributed by atoms with Gasteiger partial charge < -0.3 is 10.2 Å². The fourth-order valence-electron chi connectivity index (χ4n) is 1.72. The third kappa shape index (κ3) is 3.13. The highest BCUT2D eigenvalue weighted by atomic mass is 35.5. The van der Waals surface area contributed by atoms with Crippen molar-refractivity contribution in [2.75, 3.05) is 25.5 Å². The number of hydrogen-bond donors (Lipinski definition) is 1. The van der Waals surface area contributed by atoms with Crippen molar-refractivity contribution in [1.29, 1.82) is 0 Å². The molecule has 0 spiro atoms. The molecule has 0 radical (unpaired) electrons. The van der Waals surface area contributed by atoms with Gasteiger partial charge >= 0.3 is 0 Å². The molecule has 2 nitrogen and oxygen atoms in total. The minimum Gasteiger partial charge on any atom is -0.373 e. The molecule has 1 unspecified atom stereocenters. The number of hydrogen-bond acceptors (Lipinski definition) is 2. The Hall–Kier alpha value is -0.730. The van der Waals surface area contributed by atoms with Crippen LogP contribution in [0.3, 0.4) is 0 Å². The second-order valence-corrected chi connectivity index (χ2v) is 4.55. The van der Waals surface area contributed by atoms with E-state index in [0.29, 0.717) is 6.04 Å². The first-order valence-corrected chi connectivity index (χ1v) is 6.15. The van der Waals surface area contributed by atoms with E-state index in [0.717, 1.165) is 23.7 Å². The third-order valence-electron chi connectivity index (χ3n) is 2.88. The topological polar surface area (TPSA) is 15.3 Å². The van der Waals surface area contributed by atoms with Gasteiger partial charge in [-0.3, -0.25) is 0 Å². The zero-order chi connectivity index (χ0) is 12.1. The molecule has 0 aromatic heterocycles. The summed E-state index contributed by atoms with van der Waals surface area (Å²) in [5, 5.41) is 4.04. The Morgan fingerprint density at radius 3 is 2.62 bits per heavy atom. The number of rotatable bonds is 5. The Morgan fingerprint density at radius 2 is 2.12 bits per heavy atom. The van der Waals surface area contributed by atoms with Crippen LogP contribution in [0.15, 0.2) is 18.2 Å². The predicted octanol–water partition coefficient (Wildman–Crippen LogP) is 3.47. The van der Waals surface area contributed by atoms with Crippen LogP contribution in [0, 0.1) is 0 Å². The summed E-state index contributed by atoms with van der Waals surface area (Å²) >= 11 is 6.29. The van der Waals surface area contributed by atoms with Gasteiger partial charge in [0.05, 0.1) is 10.7 Å². The van der Waals surface area contributed by atoms with Crippen LogP contribution in [0.2, 0.25) is 5.02 Å². The molecule has 0 aliphatic carbocycles. The maximum atomic E-state index is 6.29. The van der Waals surface area contributed by atoms with Crippen LogP contribution in [-0.2, 0) is 0 Å². The molecule has 0 saturated heterocycles. The van der Waals surface area contributed by atoms with Gasteiger partial charge in [-0.2, -0.15) is 0 Å². The molecule has 0 amide bonds. The summed E-state index contributed by atoms with van der Waals surface area (Å²) in [5.74, 6) is 0. The van der Waals surface area contributed by atoms with E-state index in [1.165, 1.54) is 5.56 Å². The molecule has 1 N–H and O–H groups in total. The minimum absolute atomic E-state index is 0.336. The van der Waals surface area contributed by atoms with Crippen LogP contribution >= 0.6 is 11.6 Å². The summed E-state index contributed by atoms with van der Waals surface area (Å²) in [6.45, 7) is 5.32. The van der Waals surface area contributed by atoms with E-state index in [2.05, 4.69) is 43.2 Å². The highest BCUT2D eigenvalue weighted by Crippen LogP contribution is 2.28. The maximum absolute atomic E-state index is 6.29. The zero-order valence-electron chi connectivity index (χ0n) is 10.5. The number of halogens is 1. The third-order valence-corrected chi connectivity index (χ3v) is 3.18. The highest BCUT2D eigenvalue weighted by Gasteiger charge is 2.08. The van der Waals surface area contributed by atoms with E-state index in [1.807, 2.05) is 13.1 Å². The molecule has 90 valence electrons. The predicted molar refractivity (Wildman–Crippen MR) is 72.5 cm³/mol. The van der Waals surface area contributed by atoms with Gasteiger partial charge in [0.15, 0.2) is 0 Å². The SMILES string of the molecule is CCCN(C)c1ccc(C(C)NC)cc1Cl. The van der Waals surface area contributed by atoms with Crippen molar-refractivity contribution < 1.29 is 0 Å². The van der Waals surface area contributed by atoms with Gasteiger partial charge in [-0.25, -0.2) is 0 Å². The van der Waals surface area contributed by atoms with E-state index in [1.54, 1.807) is 0 Å². The summed E-state index contributed by atoms with van der Waals surface area (Å²) in [7, 11) is 4.03. The number of anilines is 1. The molecule has 0 saturated carbocycles. The Labute approximate surface area is 104 Å². The first kappa shape index (κ1) is 13.3. The van der Waals surface area contributed by atoms with E-state index >= 15 is 0 Å². The molecule has 0 fully saturated rings. The standard InChI is InChI=1S/C13H21ClN2/c1-5-8-16(4)13-7-6-11(9-12(13)14)10(2)15-3/h6-7,9-10,15H,5,8H2,1-4H3. The van der Waals surface area contributed by atoms with Crippen molar-refractivity contribution in [2.24, 2.45) is 0 Å². The summed E-state index contributed by atoms with van der Waals surface area (Å²) < 4.78 is 0. The smallest absolute Gasteiger partial charge is 0.0642 e. The molecule has 0 bridgehead atoms. The molecule has 16 heavy (non-hydrogen) atoms. The van der Waals surface area contributed by atoms with Crippen LogP contribution < -0.4 is 10.2 Å². The Bertz CT molecular complexity index is 339. The second kappa shape index (κ2) is 6.12. The lowest BCUT2D eigenvalue weighted by molar-refractivity contribution is 0.652. The summed E-state index contributed by atoms with van der Waals surface area (Å²) in [5.41, 5.74) is 2.33. The molecule has 1 rings (SSSR count). The Morgan fingerprint density at radius 1 is 1.44 bits per heavy atom. The largest absolute Gasteiger partial charge is 0.373 e. The molecule has 1 atom stereocenters. The number of benzene rings is 1. The monoisotopic (exact) mass is 240 g/mol. The van der Waals surface area contributed by atoms with E-state index in [-0.39, 0.29) is 0 Å². The molecule has 1 aromatic carbocycles. The van der Waals surface area contributed by atoms with Gasteiger partial charge in [0.2, 0.25) is 0 Å². The van der Waals surface area contributed by atoms with Crippen LogP contribution in [0.5, 0.6) is 0 Å². The Balaban J connectivity index is 2.91. The van der Waals surface area contributed by atoms with Crippen molar-refractivity contribution in [3.63, 3.8) is 0 Å². The van der Waals surface area contributed by atoms with Crippen LogP contribution in [0.25, 0.3) is 0 Å². The van der Waals surface area contributed by atoms with E-state index in [9.17, 15) is 0 Å². The molecule has 0 aliphatic heterocycles. The van der Waals surface area contributed by atoms with Gasteiger partial charge in [0.1, 0.15) is 0 Å². The van der Waals surface area contributed by atoms with Crippen molar-refractivity contribution in [3.05, 3.63) is 28.8 Å². The first-order valence-electron chi connectivity index (χ1n) is 5.78. The lowest BCUT2D eigenvalue weighted by Gasteiger charge is -2.21. The summed E-state index contributed by atoms with van der Waals surface area (Å²) in [6, 6.07) is 6.61. The number of nitrogens with zero attached hydrogens (tertiary/aromatic N) is 1. The van der Waals surface area contributed by atoms with Crippen molar-refractivity contribution in [2.45, 2.75) is 26.3 Å². The average Bonchev–Trinajstić information content (AvgIpc) is 2.28. The van der Waals surface area contributed by atoms with Crippen molar-refractivity contribution in [1.82, 2.24) is 5.32 Å². The molecule has 0 heterocycles. The Kier molecular flexibility index (Phi) is 5.10. The van der Waals surface area contributed by atoms with Gasteiger partial charge in [0.25, 0.3) is 0 Å². The van der Waals surface area contributed by atoms with Crippen molar-refractivity contribution in [3.8, 4) is 0 Å². The van der Waals surface area contributed by atoms with E-state index in [4.69, 9.17) is 11.6 Å².